The highest BCUT2D eigenvalue weighted by Crippen LogP contribution is 2.39. The zero-order valence-electron chi connectivity index (χ0n) is 12.5. The molecule has 3 rings (SSSR count). The molecule has 0 bridgehead atoms. The number of hydrogen-bond donors (Lipinski definition) is 1. The van der Waals surface area contributed by atoms with Gasteiger partial charge in [-0.3, -0.25) is 0 Å². The molecule has 0 aliphatic carbocycles. The van der Waals surface area contributed by atoms with Crippen LogP contribution in [0.25, 0.3) is 0 Å². The number of fused-ring (bicyclic) bond motifs is 1. The van der Waals surface area contributed by atoms with Crippen molar-refractivity contribution < 1.29 is 9.84 Å². The van der Waals surface area contributed by atoms with Crippen LogP contribution in [0.5, 0.6) is 5.75 Å². The van der Waals surface area contributed by atoms with Crippen molar-refractivity contribution in [3.63, 3.8) is 0 Å². The molecule has 2 atom stereocenters. The van der Waals surface area contributed by atoms with Crippen LogP contribution in [0.15, 0.2) is 24.3 Å². The van der Waals surface area contributed by atoms with E-state index in [4.69, 9.17) is 4.74 Å². The Bertz CT molecular complexity index is 457. The highest BCUT2D eigenvalue weighted by Gasteiger charge is 2.41. The van der Waals surface area contributed by atoms with Crippen LogP contribution in [0, 0.1) is 0 Å². The van der Waals surface area contributed by atoms with Gasteiger partial charge in [0, 0.05) is 12.6 Å². The number of rotatable bonds is 3. The van der Waals surface area contributed by atoms with Gasteiger partial charge in [-0.15, -0.1) is 0 Å². The summed E-state index contributed by atoms with van der Waals surface area (Å²) in [5.74, 6) is 0.880. The second kappa shape index (κ2) is 5.38. The molecular formula is C17H25NO2. The zero-order chi connectivity index (χ0) is 14.2. The van der Waals surface area contributed by atoms with Crippen LogP contribution in [-0.4, -0.2) is 35.2 Å². The Morgan fingerprint density at radius 3 is 2.70 bits per heavy atom. The molecular weight excluding hydrogens is 250 g/mol. The molecule has 2 aliphatic rings. The average molecular weight is 275 g/mol. The van der Waals surface area contributed by atoms with Gasteiger partial charge < -0.3 is 14.7 Å². The number of benzene rings is 1. The SMILES string of the molecule is CC(C)Oc1ccc(C2(O)CCN3CCCC3C2)cc1. The fourth-order valence-corrected chi connectivity index (χ4v) is 3.62. The third-order valence-electron chi connectivity index (χ3n) is 4.65. The highest BCUT2D eigenvalue weighted by atomic mass is 16.5. The molecule has 20 heavy (non-hydrogen) atoms. The predicted molar refractivity (Wildman–Crippen MR) is 79.9 cm³/mol. The lowest BCUT2D eigenvalue weighted by atomic mass is 9.81. The van der Waals surface area contributed by atoms with Gasteiger partial charge in [0.25, 0.3) is 0 Å². The minimum atomic E-state index is -0.651. The van der Waals surface area contributed by atoms with E-state index in [2.05, 4.69) is 4.90 Å². The first-order valence-electron chi connectivity index (χ1n) is 7.80. The molecule has 110 valence electrons. The number of nitrogens with zero attached hydrogens (tertiary/aromatic N) is 1. The summed E-state index contributed by atoms with van der Waals surface area (Å²) in [6.07, 6.45) is 4.41. The molecule has 2 saturated heterocycles. The fourth-order valence-electron chi connectivity index (χ4n) is 3.62. The van der Waals surface area contributed by atoms with E-state index in [-0.39, 0.29) is 6.10 Å². The third-order valence-corrected chi connectivity index (χ3v) is 4.65. The van der Waals surface area contributed by atoms with E-state index in [9.17, 15) is 5.11 Å². The average Bonchev–Trinajstić information content (AvgIpc) is 2.85. The van der Waals surface area contributed by atoms with Crippen molar-refractivity contribution in [2.24, 2.45) is 0 Å². The summed E-state index contributed by atoms with van der Waals surface area (Å²) in [6.45, 7) is 6.28. The number of hydrogen-bond acceptors (Lipinski definition) is 3. The lowest BCUT2D eigenvalue weighted by Gasteiger charge is -2.41. The van der Waals surface area contributed by atoms with Gasteiger partial charge >= 0.3 is 0 Å². The van der Waals surface area contributed by atoms with Crippen LogP contribution in [-0.2, 0) is 5.60 Å². The second-order valence-electron chi connectivity index (χ2n) is 6.51. The first kappa shape index (κ1) is 13.9. The molecule has 0 amide bonds. The minimum absolute atomic E-state index is 0.186. The number of aliphatic hydroxyl groups is 1. The predicted octanol–water partition coefficient (Wildman–Crippen LogP) is 2.92. The summed E-state index contributed by atoms with van der Waals surface area (Å²) in [6, 6.07) is 8.59. The molecule has 0 spiro atoms. The van der Waals surface area contributed by atoms with Crippen molar-refractivity contribution in [1.82, 2.24) is 4.90 Å². The molecule has 3 nitrogen and oxygen atoms in total. The van der Waals surface area contributed by atoms with E-state index in [1.807, 2.05) is 38.1 Å². The molecule has 2 fully saturated rings. The van der Waals surface area contributed by atoms with E-state index in [0.717, 1.165) is 30.7 Å². The van der Waals surface area contributed by atoms with Gasteiger partial charge in [-0.05, 0) is 63.8 Å². The molecule has 2 aliphatic heterocycles. The highest BCUT2D eigenvalue weighted by molar-refractivity contribution is 5.31. The van der Waals surface area contributed by atoms with Crippen molar-refractivity contribution in [3.8, 4) is 5.75 Å². The smallest absolute Gasteiger partial charge is 0.119 e. The molecule has 0 aromatic heterocycles. The molecule has 1 N–H and O–H groups in total. The summed E-state index contributed by atoms with van der Waals surface area (Å²) < 4.78 is 5.67. The summed E-state index contributed by atoms with van der Waals surface area (Å²) in [5, 5.41) is 11.0. The Balaban J connectivity index is 1.74. The van der Waals surface area contributed by atoms with Gasteiger partial charge in [0.2, 0.25) is 0 Å². The summed E-state index contributed by atoms with van der Waals surface area (Å²) in [7, 11) is 0. The standard InChI is InChI=1S/C17H25NO2/c1-13(2)20-16-7-5-14(6-8-16)17(19)9-11-18-10-3-4-15(18)12-17/h5-8,13,15,19H,3-4,9-12H2,1-2H3. The first-order chi connectivity index (χ1) is 9.57. The topological polar surface area (TPSA) is 32.7 Å². The van der Waals surface area contributed by atoms with E-state index < -0.39 is 5.60 Å². The molecule has 3 heteroatoms. The summed E-state index contributed by atoms with van der Waals surface area (Å²) in [4.78, 5) is 2.53. The third kappa shape index (κ3) is 2.70. The van der Waals surface area contributed by atoms with Crippen molar-refractivity contribution in [1.29, 1.82) is 0 Å². The molecule has 0 saturated carbocycles. The van der Waals surface area contributed by atoms with Crippen molar-refractivity contribution in [2.45, 2.75) is 57.3 Å². The largest absolute Gasteiger partial charge is 0.491 e. The van der Waals surface area contributed by atoms with Crippen molar-refractivity contribution in [2.75, 3.05) is 13.1 Å². The Morgan fingerprint density at radius 2 is 2.00 bits per heavy atom. The van der Waals surface area contributed by atoms with Crippen LogP contribution >= 0.6 is 0 Å². The lowest BCUT2D eigenvalue weighted by molar-refractivity contribution is -0.0409. The van der Waals surface area contributed by atoms with Crippen LogP contribution in [0.3, 0.4) is 0 Å². The zero-order valence-corrected chi connectivity index (χ0v) is 12.5. The maximum atomic E-state index is 11.0. The Kier molecular flexibility index (Phi) is 3.74. The summed E-state index contributed by atoms with van der Waals surface area (Å²) >= 11 is 0. The molecule has 1 aromatic rings. The molecule has 0 radical (unpaired) electrons. The van der Waals surface area contributed by atoms with E-state index in [0.29, 0.717) is 6.04 Å². The van der Waals surface area contributed by atoms with E-state index in [1.54, 1.807) is 0 Å². The van der Waals surface area contributed by atoms with Crippen LogP contribution in [0.2, 0.25) is 0 Å². The summed E-state index contributed by atoms with van der Waals surface area (Å²) in [5.41, 5.74) is 0.391. The van der Waals surface area contributed by atoms with Crippen LogP contribution in [0.1, 0.15) is 45.1 Å². The maximum absolute atomic E-state index is 11.0. The van der Waals surface area contributed by atoms with Crippen molar-refractivity contribution >= 4 is 0 Å². The van der Waals surface area contributed by atoms with E-state index >= 15 is 0 Å². The maximum Gasteiger partial charge on any atom is 0.119 e. The quantitative estimate of drug-likeness (QED) is 0.920. The van der Waals surface area contributed by atoms with Crippen LogP contribution < -0.4 is 4.74 Å². The normalized spacial score (nSPS) is 30.5. The Hall–Kier alpha value is -1.06. The van der Waals surface area contributed by atoms with Crippen molar-refractivity contribution in [3.05, 3.63) is 29.8 Å². The second-order valence-corrected chi connectivity index (χ2v) is 6.51. The van der Waals surface area contributed by atoms with Gasteiger partial charge in [0.05, 0.1) is 11.7 Å². The van der Waals surface area contributed by atoms with Crippen LogP contribution in [0.4, 0.5) is 0 Å². The van der Waals surface area contributed by atoms with Gasteiger partial charge in [0.1, 0.15) is 5.75 Å². The van der Waals surface area contributed by atoms with Gasteiger partial charge in [-0.2, -0.15) is 0 Å². The van der Waals surface area contributed by atoms with Gasteiger partial charge in [-0.25, -0.2) is 0 Å². The molecule has 2 unspecified atom stereocenters. The monoisotopic (exact) mass is 275 g/mol. The number of ether oxygens (including phenoxy) is 1. The minimum Gasteiger partial charge on any atom is -0.491 e. The van der Waals surface area contributed by atoms with Gasteiger partial charge in [0.15, 0.2) is 0 Å². The van der Waals surface area contributed by atoms with Gasteiger partial charge in [-0.1, -0.05) is 12.1 Å². The molecule has 1 aromatic carbocycles. The van der Waals surface area contributed by atoms with E-state index in [1.165, 1.54) is 19.4 Å². The Labute approximate surface area is 121 Å². The lowest BCUT2D eigenvalue weighted by Crippen LogP contribution is -2.45. The fraction of sp³-hybridized carbons (Fsp3) is 0.647. The number of piperidine rings is 1. The molecule has 2 heterocycles. The first-order valence-corrected chi connectivity index (χ1v) is 7.80. The Morgan fingerprint density at radius 1 is 1.25 bits per heavy atom.